The first-order valence-electron chi connectivity index (χ1n) is 6.91. The molecule has 0 aliphatic carbocycles. The SMILES string of the molecule is CCCC(CCN)CCC(=O)Nc1ccccc1I. The molecule has 1 aromatic carbocycles. The van der Waals surface area contributed by atoms with E-state index in [1.807, 2.05) is 24.3 Å². The molecule has 1 aromatic rings. The van der Waals surface area contributed by atoms with Crippen LogP contribution in [0.1, 0.15) is 39.0 Å². The number of hydrogen-bond donors (Lipinski definition) is 2. The first-order chi connectivity index (χ1) is 9.17. The van der Waals surface area contributed by atoms with E-state index in [1.165, 1.54) is 0 Å². The number of hydrogen-bond acceptors (Lipinski definition) is 2. The highest BCUT2D eigenvalue weighted by atomic mass is 127. The van der Waals surface area contributed by atoms with Crippen LogP contribution in [0.2, 0.25) is 0 Å². The number of carbonyl (C=O) groups is 1. The molecule has 0 aromatic heterocycles. The van der Waals surface area contributed by atoms with Gasteiger partial charge in [-0.15, -0.1) is 0 Å². The van der Waals surface area contributed by atoms with Crippen LogP contribution >= 0.6 is 22.6 Å². The summed E-state index contributed by atoms with van der Waals surface area (Å²) in [6.07, 6.45) is 4.84. The zero-order chi connectivity index (χ0) is 14.1. The van der Waals surface area contributed by atoms with Crippen molar-refractivity contribution in [3.8, 4) is 0 Å². The van der Waals surface area contributed by atoms with E-state index in [1.54, 1.807) is 0 Å². The molecular formula is C15H23IN2O. The molecule has 0 heterocycles. The van der Waals surface area contributed by atoms with Crippen LogP contribution in [0.3, 0.4) is 0 Å². The fourth-order valence-corrected chi connectivity index (χ4v) is 2.71. The molecule has 1 amide bonds. The molecule has 1 atom stereocenters. The Kier molecular flexibility index (Phi) is 8.05. The standard InChI is InChI=1S/C15H23IN2O/c1-2-5-12(10-11-17)8-9-15(19)18-14-7-4-3-6-13(14)16/h3-4,6-7,12H,2,5,8-11,17H2,1H3,(H,18,19). The van der Waals surface area contributed by atoms with Crippen LogP contribution in [0.25, 0.3) is 0 Å². The molecule has 106 valence electrons. The van der Waals surface area contributed by atoms with Crippen LogP contribution in [-0.2, 0) is 4.79 Å². The third-order valence-corrected chi connectivity index (χ3v) is 4.14. The van der Waals surface area contributed by atoms with Gasteiger partial charge in [0.15, 0.2) is 0 Å². The average molecular weight is 374 g/mol. The Hall–Kier alpha value is -0.620. The summed E-state index contributed by atoms with van der Waals surface area (Å²) in [4.78, 5) is 11.9. The van der Waals surface area contributed by atoms with E-state index in [4.69, 9.17) is 5.73 Å². The van der Waals surface area contributed by atoms with Crippen LogP contribution in [0, 0.1) is 9.49 Å². The molecule has 0 saturated carbocycles. The van der Waals surface area contributed by atoms with Crippen molar-refractivity contribution >= 4 is 34.2 Å². The molecule has 19 heavy (non-hydrogen) atoms. The van der Waals surface area contributed by atoms with Gasteiger partial charge in [0.1, 0.15) is 0 Å². The second-order valence-corrected chi connectivity index (χ2v) is 5.96. The second-order valence-electron chi connectivity index (χ2n) is 4.80. The maximum absolute atomic E-state index is 11.9. The molecule has 0 bridgehead atoms. The fraction of sp³-hybridized carbons (Fsp3) is 0.533. The predicted molar refractivity (Wildman–Crippen MR) is 89.1 cm³/mol. The van der Waals surface area contributed by atoms with Crippen LogP contribution in [-0.4, -0.2) is 12.5 Å². The van der Waals surface area contributed by atoms with Crippen molar-refractivity contribution in [3.05, 3.63) is 27.8 Å². The Bertz CT molecular complexity index is 389. The molecule has 0 aliphatic rings. The zero-order valence-corrected chi connectivity index (χ0v) is 13.7. The van der Waals surface area contributed by atoms with E-state index in [-0.39, 0.29) is 5.91 Å². The van der Waals surface area contributed by atoms with E-state index in [0.717, 1.165) is 34.9 Å². The predicted octanol–water partition coefficient (Wildman–Crippen LogP) is 3.78. The van der Waals surface area contributed by atoms with E-state index >= 15 is 0 Å². The van der Waals surface area contributed by atoms with Gasteiger partial charge in [0.05, 0.1) is 5.69 Å². The van der Waals surface area contributed by atoms with Gasteiger partial charge in [-0.25, -0.2) is 0 Å². The van der Waals surface area contributed by atoms with Gasteiger partial charge in [-0.3, -0.25) is 4.79 Å². The maximum atomic E-state index is 11.9. The number of nitrogens with two attached hydrogens (primary N) is 1. The van der Waals surface area contributed by atoms with Gasteiger partial charge in [-0.1, -0.05) is 31.9 Å². The maximum Gasteiger partial charge on any atom is 0.224 e. The number of nitrogens with one attached hydrogen (secondary N) is 1. The van der Waals surface area contributed by atoms with Crippen molar-refractivity contribution in [2.24, 2.45) is 11.7 Å². The van der Waals surface area contributed by atoms with Crippen LogP contribution in [0.4, 0.5) is 5.69 Å². The highest BCUT2D eigenvalue weighted by Gasteiger charge is 2.11. The molecule has 4 heteroatoms. The summed E-state index contributed by atoms with van der Waals surface area (Å²) in [6, 6.07) is 7.83. The summed E-state index contributed by atoms with van der Waals surface area (Å²) in [5, 5.41) is 2.97. The Labute approximate surface area is 129 Å². The molecule has 0 spiro atoms. The second kappa shape index (κ2) is 9.31. The Morgan fingerprint density at radius 3 is 2.68 bits per heavy atom. The van der Waals surface area contributed by atoms with Crippen molar-refractivity contribution in [1.82, 2.24) is 0 Å². The number of rotatable bonds is 8. The lowest BCUT2D eigenvalue weighted by atomic mass is 9.94. The molecule has 3 nitrogen and oxygen atoms in total. The van der Waals surface area contributed by atoms with E-state index in [0.29, 0.717) is 18.9 Å². The lowest BCUT2D eigenvalue weighted by Gasteiger charge is -2.15. The molecule has 0 fully saturated rings. The normalized spacial score (nSPS) is 12.2. The van der Waals surface area contributed by atoms with Crippen molar-refractivity contribution in [2.45, 2.75) is 39.0 Å². The molecule has 0 saturated heterocycles. The number of halogens is 1. The molecule has 0 radical (unpaired) electrons. The first-order valence-corrected chi connectivity index (χ1v) is 7.99. The van der Waals surface area contributed by atoms with Crippen molar-refractivity contribution in [2.75, 3.05) is 11.9 Å². The number of para-hydroxylation sites is 1. The van der Waals surface area contributed by atoms with Gasteiger partial charge in [0.25, 0.3) is 0 Å². The zero-order valence-electron chi connectivity index (χ0n) is 11.5. The third kappa shape index (κ3) is 6.38. The lowest BCUT2D eigenvalue weighted by Crippen LogP contribution is -2.15. The van der Waals surface area contributed by atoms with Gasteiger partial charge in [-0.2, -0.15) is 0 Å². The quantitative estimate of drug-likeness (QED) is 0.681. The summed E-state index contributed by atoms with van der Waals surface area (Å²) in [5.74, 6) is 0.679. The third-order valence-electron chi connectivity index (χ3n) is 3.20. The molecule has 1 unspecified atom stereocenters. The van der Waals surface area contributed by atoms with Crippen molar-refractivity contribution in [1.29, 1.82) is 0 Å². The highest BCUT2D eigenvalue weighted by Crippen LogP contribution is 2.20. The van der Waals surface area contributed by atoms with Gasteiger partial charge in [0.2, 0.25) is 5.91 Å². The Balaban J connectivity index is 2.40. The highest BCUT2D eigenvalue weighted by molar-refractivity contribution is 14.1. The van der Waals surface area contributed by atoms with E-state index < -0.39 is 0 Å². The van der Waals surface area contributed by atoms with Gasteiger partial charge in [-0.05, 0) is 60.0 Å². The van der Waals surface area contributed by atoms with Crippen LogP contribution in [0.5, 0.6) is 0 Å². The smallest absolute Gasteiger partial charge is 0.224 e. The Morgan fingerprint density at radius 2 is 2.05 bits per heavy atom. The summed E-state index contributed by atoms with van der Waals surface area (Å²) in [6.45, 7) is 2.89. The van der Waals surface area contributed by atoms with Crippen molar-refractivity contribution < 1.29 is 4.79 Å². The molecule has 3 N–H and O–H groups in total. The minimum atomic E-state index is 0.0993. The first kappa shape index (κ1) is 16.4. The van der Waals surface area contributed by atoms with Gasteiger partial charge in [0, 0.05) is 9.99 Å². The summed E-state index contributed by atoms with van der Waals surface area (Å²) in [5.41, 5.74) is 6.51. The minimum absolute atomic E-state index is 0.0993. The number of carbonyl (C=O) groups excluding carboxylic acids is 1. The fourth-order valence-electron chi connectivity index (χ4n) is 2.19. The topological polar surface area (TPSA) is 55.1 Å². The van der Waals surface area contributed by atoms with Crippen molar-refractivity contribution in [3.63, 3.8) is 0 Å². The summed E-state index contributed by atoms with van der Waals surface area (Å²) >= 11 is 2.23. The molecular weight excluding hydrogens is 351 g/mol. The summed E-state index contributed by atoms with van der Waals surface area (Å²) in [7, 11) is 0. The Morgan fingerprint density at radius 1 is 1.32 bits per heavy atom. The molecule has 0 aliphatic heterocycles. The largest absolute Gasteiger partial charge is 0.330 e. The van der Waals surface area contributed by atoms with Crippen LogP contribution in [0.15, 0.2) is 24.3 Å². The van der Waals surface area contributed by atoms with Gasteiger partial charge < -0.3 is 11.1 Å². The van der Waals surface area contributed by atoms with E-state index in [9.17, 15) is 4.79 Å². The number of benzene rings is 1. The minimum Gasteiger partial charge on any atom is -0.330 e. The van der Waals surface area contributed by atoms with Crippen LogP contribution < -0.4 is 11.1 Å². The monoisotopic (exact) mass is 374 g/mol. The number of amides is 1. The van der Waals surface area contributed by atoms with Gasteiger partial charge >= 0.3 is 0 Å². The average Bonchev–Trinajstić information content (AvgIpc) is 2.39. The number of anilines is 1. The molecule has 1 rings (SSSR count). The summed E-state index contributed by atoms with van der Waals surface area (Å²) < 4.78 is 1.07. The lowest BCUT2D eigenvalue weighted by molar-refractivity contribution is -0.116. The van der Waals surface area contributed by atoms with E-state index in [2.05, 4.69) is 34.8 Å².